The van der Waals surface area contributed by atoms with Crippen LogP contribution >= 0.6 is 0 Å². The Morgan fingerprint density at radius 1 is 1.10 bits per heavy atom. The summed E-state index contributed by atoms with van der Waals surface area (Å²) in [5.74, 6) is 0.496. The van der Waals surface area contributed by atoms with Crippen LogP contribution in [0.1, 0.15) is 39.2 Å². The fourth-order valence-electron chi connectivity index (χ4n) is 2.35. The molecule has 2 aromatic heterocycles. The molecule has 0 fully saturated rings. The molecule has 114 valence electrons. The molecule has 21 heavy (non-hydrogen) atoms. The van der Waals surface area contributed by atoms with Gasteiger partial charge in [0.15, 0.2) is 0 Å². The van der Waals surface area contributed by atoms with E-state index >= 15 is 0 Å². The van der Waals surface area contributed by atoms with Crippen molar-refractivity contribution in [3.05, 3.63) is 36.4 Å². The molecule has 0 bridgehead atoms. The van der Waals surface area contributed by atoms with Crippen molar-refractivity contribution in [3.8, 4) is 11.1 Å². The Morgan fingerprint density at radius 2 is 1.86 bits per heavy atom. The van der Waals surface area contributed by atoms with Crippen LogP contribution in [0.5, 0.6) is 0 Å². The first-order valence-electron chi connectivity index (χ1n) is 7.84. The molecule has 4 heteroatoms. The number of rotatable bonds is 7. The maximum atomic E-state index is 4.47. The third-order valence-electron chi connectivity index (χ3n) is 3.93. The SMILES string of the molecule is CCN(CC)CCn1cc(-c2cncc(C(C)C)c2)cn1. The molecule has 2 aromatic rings. The van der Waals surface area contributed by atoms with Crippen LogP contribution in [0, 0.1) is 0 Å². The Labute approximate surface area is 127 Å². The van der Waals surface area contributed by atoms with Crippen LogP contribution in [0.4, 0.5) is 0 Å². The first kappa shape index (κ1) is 15.7. The van der Waals surface area contributed by atoms with E-state index in [1.165, 1.54) is 5.56 Å². The van der Waals surface area contributed by atoms with Gasteiger partial charge in [-0.15, -0.1) is 0 Å². The second-order valence-electron chi connectivity index (χ2n) is 5.68. The topological polar surface area (TPSA) is 34.0 Å². The second kappa shape index (κ2) is 7.36. The molecular weight excluding hydrogens is 260 g/mol. The maximum Gasteiger partial charge on any atom is 0.0568 e. The van der Waals surface area contributed by atoms with Crippen LogP contribution in [0.3, 0.4) is 0 Å². The van der Waals surface area contributed by atoms with Crippen molar-refractivity contribution in [1.29, 1.82) is 0 Å². The lowest BCUT2D eigenvalue weighted by molar-refractivity contribution is 0.285. The van der Waals surface area contributed by atoms with Gasteiger partial charge in [0.1, 0.15) is 0 Å². The van der Waals surface area contributed by atoms with Crippen molar-refractivity contribution in [2.24, 2.45) is 0 Å². The van der Waals surface area contributed by atoms with Crippen LogP contribution in [-0.4, -0.2) is 39.3 Å². The van der Waals surface area contributed by atoms with Gasteiger partial charge in [0.25, 0.3) is 0 Å². The first-order valence-corrected chi connectivity index (χ1v) is 7.84. The summed E-state index contributed by atoms with van der Waals surface area (Å²) in [6, 6.07) is 2.21. The third kappa shape index (κ3) is 4.14. The normalized spacial score (nSPS) is 11.5. The van der Waals surface area contributed by atoms with E-state index in [0.717, 1.165) is 37.3 Å². The molecule has 0 aromatic carbocycles. The average Bonchev–Trinajstić information content (AvgIpc) is 2.97. The number of aromatic nitrogens is 3. The van der Waals surface area contributed by atoms with Crippen LogP contribution < -0.4 is 0 Å². The van der Waals surface area contributed by atoms with Gasteiger partial charge >= 0.3 is 0 Å². The van der Waals surface area contributed by atoms with Crippen LogP contribution in [-0.2, 0) is 6.54 Å². The molecule has 0 radical (unpaired) electrons. The van der Waals surface area contributed by atoms with Gasteiger partial charge in [-0.1, -0.05) is 27.7 Å². The predicted octanol–water partition coefficient (Wildman–Crippen LogP) is 3.41. The van der Waals surface area contributed by atoms with Gasteiger partial charge in [0, 0.05) is 36.3 Å². The molecule has 0 atom stereocenters. The van der Waals surface area contributed by atoms with Crippen molar-refractivity contribution in [1.82, 2.24) is 19.7 Å². The summed E-state index contributed by atoms with van der Waals surface area (Å²) in [5, 5.41) is 4.47. The van der Waals surface area contributed by atoms with Crippen LogP contribution in [0.2, 0.25) is 0 Å². The van der Waals surface area contributed by atoms with E-state index in [9.17, 15) is 0 Å². The lowest BCUT2D eigenvalue weighted by Gasteiger charge is -2.17. The highest BCUT2D eigenvalue weighted by molar-refractivity contribution is 5.61. The molecule has 0 amide bonds. The van der Waals surface area contributed by atoms with Crippen molar-refractivity contribution < 1.29 is 0 Å². The smallest absolute Gasteiger partial charge is 0.0568 e. The number of nitrogens with zero attached hydrogens (tertiary/aromatic N) is 4. The van der Waals surface area contributed by atoms with E-state index in [1.54, 1.807) is 0 Å². The van der Waals surface area contributed by atoms with Gasteiger partial charge in [0.2, 0.25) is 0 Å². The third-order valence-corrected chi connectivity index (χ3v) is 3.93. The maximum absolute atomic E-state index is 4.47. The molecule has 2 heterocycles. The van der Waals surface area contributed by atoms with Crippen molar-refractivity contribution in [3.63, 3.8) is 0 Å². The summed E-state index contributed by atoms with van der Waals surface area (Å²) in [6.07, 6.45) is 7.91. The Bertz CT molecular complexity index is 555. The van der Waals surface area contributed by atoms with Gasteiger partial charge in [-0.25, -0.2) is 0 Å². The number of hydrogen-bond donors (Lipinski definition) is 0. The average molecular weight is 286 g/mol. The molecule has 0 aliphatic heterocycles. The first-order chi connectivity index (χ1) is 10.1. The quantitative estimate of drug-likeness (QED) is 0.782. The molecule has 0 N–H and O–H groups in total. The monoisotopic (exact) mass is 286 g/mol. The molecule has 0 saturated heterocycles. The van der Waals surface area contributed by atoms with Gasteiger partial charge in [-0.05, 0) is 30.6 Å². The summed E-state index contributed by atoms with van der Waals surface area (Å²) in [6.45, 7) is 12.9. The Hall–Kier alpha value is -1.68. The predicted molar refractivity (Wildman–Crippen MR) is 87.3 cm³/mol. The van der Waals surface area contributed by atoms with Gasteiger partial charge < -0.3 is 4.90 Å². The van der Waals surface area contributed by atoms with Crippen molar-refractivity contribution >= 4 is 0 Å². The minimum Gasteiger partial charge on any atom is -0.302 e. The molecule has 0 saturated carbocycles. The molecular formula is C17H26N4. The Kier molecular flexibility index (Phi) is 5.51. The summed E-state index contributed by atoms with van der Waals surface area (Å²) in [4.78, 5) is 6.75. The van der Waals surface area contributed by atoms with E-state index < -0.39 is 0 Å². The fourth-order valence-corrected chi connectivity index (χ4v) is 2.35. The minimum atomic E-state index is 0.496. The zero-order valence-corrected chi connectivity index (χ0v) is 13.6. The molecule has 0 unspecified atom stereocenters. The van der Waals surface area contributed by atoms with E-state index in [4.69, 9.17) is 0 Å². The van der Waals surface area contributed by atoms with Crippen molar-refractivity contribution in [2.45, 2.75) is 40.2 Å². The van der Waals surface area contributed by atoms with E-state index in [-0.39, 0.29) is 0 Å². The zero-order chi connectivity index (χ0) is 15.2. The molecule has 2 rings (SSSR count). The van der Waals surface area contributed by atoms with E-state index in [2.05, 4.69) is 54.9 Å². The highest BCUT2D eigenvalue weighted by atomic mass is 15.3. The summed E-state index contributed by atoms with van der Waals surface area (Å²) in [7, 11) is 0. The summed E-state index contributed by atoms with van der Waals surface area (Å²) in [5.41, 5.74) is 3.56. The molecule has 0 aliphatic carbocycles. The Morgan fingerprint density at radius 3 is 2.52 bits per heavy atom. The largest absolute Gasteiger partial charge is 0.302 e. The number of hydrogen-bond acceptors (Lipinski definition) is 3. The van der Waals surface area contributed by atoms with Gasteiger partial charge in [0.05, 0.1) is 12.7 Å². The molecule has 4 nitrogen and oxygen atoms in total. The summed E-state index contributed by atoms with van der Waals surface area (Å²) >= 11 is 0. The van der Waals surface area contributed by atoms with Crippen LogP contribution in [0.25, 0.3) is 11.1 Å². The fraction of sp³-hybridized carbons (Fsp3) is 0.529. The van der Waals surface area contributed by atoms with Crippen molar-refractivity contribution in [2.75, 3.05) is 19.6 Å². The standard InChI is InChI=1S/C17H26N4/c1-5-20(6-2)7-8-21-13-17(12-19-21)16-9-15(14(3)4)10-18-11-16/h9-14H,5-8H2,1-4H3. The highest BCUT2D eigenvalue weighted by Crippen LogP contribution is 2.22. The number of pyridine rings is 1. The lowest BCUT2D eigenvalue weighted by Crippen LogP contribution is -2.27. The highest BCUT2D eigenvalue weighted by Gasteiger charge is 2.06. The minimum absolute atomic E-state index is 0.496. The van der Waals surface area contributed by atoms with Gasteiger partial charge in [-0.3, -0.25) is 9.67 Å². The van der Waals surface area contributed by atoms with Gasteiger partial charge in [-0.2, -0.15) is 5.10 Å². The zero-order valence-electron chi connectivity index (χ0n) is 13.6. The Balaban J connectivity index is 2.07. The van der Waals surface area contributed by atoms with E-state index in [1.807, 2.05) is 23.3 Å². The van der Waals surface area contributed by atoms with Crippen LogP contribution in [0.15, 0.2) is 30.9 Å². The second-order valence-corrected chi connectivity index (χ2v) is 5.68. The molecule has 0 aliphatic rings. The van der Waals surface area contributed by atoms with E-state index in [0.29, 0.717) is 5.92 Å². The molecule has 0 spiro atoms. The number of likely N-dealkylation sites (N-methyl/N-ethyl adjacent to an activating group) is 1. The lowest BCUT2D eigenvalue weighted by atomic mass is 10.0. The summed E-state index contributed by atoms with van der Waals surface area (Å²) < 4.78 is 2.02.